The van der Waals surface area contributed by atoms with Crippen molar-refractivity contribution in [2.24, 2.45) is 0 Å². The molecule has 1 aliphatic carbocycles. The lowest BCUT2D eigenvalue weighted by Gasteiger charge is -2.13. The molecule has 6 nitrogen and oxygen atoms in total. The number of rotatable bonds is 6. The summed E-state index contributed by atoms with van der Waals surface area (Å²) in [7, 11) is 0. The molecule has 28 heavy (non-hydrogen) atoms. The summed E-state index contributed by atoms with van der Waals surface area (Å²) in [6.07, 6.45) is 3.87. The molecule has 1 saturated carbocycles. The maximum atomic E-state index is 12.6. The van der Waals surface area contributed by atoms with Gasteiger partial charge < -0.3 is 10.1 Å². The van der Waals surface area contributed by atoms with Crippen LogP contribution in [0.3, 0.4) is 0 Å². The molecule has 2 aromatic rings. The van der Waals surface area contributed by atoms with Crippen molar-refractivity contribution in [2.45, 2.75) is 37.6 Å². The number of nitrogens with one attached hydrogen (secondary N) is 1. The Balaban J connectivity index is 1.73. The van der Waals surface area contributed by atoms with Crippen LogP contribution >= 0.6 is 11.8 Å². The van der Waals surface area contributed by atoms with Gasteiger partial charge in [0, 0.05) is 17.3 Å². The van der Waals surface area contributed by atoms with E-state index < -0.39 is 18.5 Å². The van der Waals surface area contributed by atoms with Gasteiger partial charge >= 0.3 is 5.97 Å². The van der Waals surface area contributed by atoms with Gasteiger partial charge in [-0.2, -0.15) is 5.26 Å². The van der Waals surface area contributed by atoms with Crippen LogP contribution in [0.15, 0.2) is 29.3 Å². The number of aryl methyl sites for hydroxylation is 2. The lowest BCUT2D eigenvalue weighted by atomic mass is 10.1. The molecule has 1 N–H and O–H groups in total. The molecular formula is C21H21N3O3S. The molecule has 1 heterocycles. The lowest BCUT2D eigenvalue weighted by molar-refractivity contribution is -0.119. The molecule has 0 saturated heterocycles. The Morgan fingerprint density at radius 2 is 2.00 bits per heavy atom. The molecule has 7 heteroatoms. The smallest absolute Gasteiger partial charge is 0.340 e. The predicted molar refractivity (Wildman–Crippen MR) is 108 cm³/mol. The third kappa shape index (κ3) is 4.34. The molecule has 0 radical (unpaired) electrons. The Bertz CT molecular complexity index is 957. The standard InChI is InChI=1S/C21H21N3O3S/c1-12-5-4-6-13(2)19(12)24-18(25)11-27-21(26)15-9-17(14-7-8-14)23-20(28-3)16(15)10-22/h4-6,9,14H,7-8,11H2,1-3H3,(H,24,25). The zero-order valence-electron chi connectivity index (χ0n) is 16.0. The number of pyridine rings is 1. The van der Waals surface area contributed by atoms with Gasteiger partial charge in [-0.25, -0.2) is 9.78 Å². The molecule has 0 bridgehead atoms. The summed E-state index contributed by atoms with van der Waals surface area (Å²) in [6, 6.07) is 9.37. The number of hydrogen-bond donors (Lipinski definition) is 1. The van der Waals surface area contributed by atoms with E-state index in [0.29, 0.717) is 16.6 Å². The minimum atomic E-state index is -0.687. The number of esters is 1. The van der Waals surface area contributed by atoms with Crippen LogP contribution in [0, 0.1) is 25.2 Å². The van der Waals surface area contributed by atoms with Crippen LogP contribution in [0.2, 0.25) is 0 Å². The average Bonchev–Trinajstić information content (AvgIpc) is 3.53. The van der Waals surface area contributed by atoms with E-state index in [0.717, 1.165) is 29.7 Å². The number of benzene rings is 1. The third-order valence-electron chi connectivity index (χ3n) is 4.61. The first-order chi connectivity index (χ1) is 13.4. The van der Waals surface area contributed by atoms with E-state index in [1.54, 1.807) is 6.07 Å². The molecular weight excluding hydrogens is 374 g/mol. The molecule has 0 aliphatic heterocycles. The van der Waals surface area contributed by atoms with Gasteiger partial charge in [-0.05, 0) is 50.1 Å². The first-order valence-electron chi connectivity index (χ1n) is 8.96. The summed E-state index contributed by atoms with van der Waals surface area (Å²) in [6.45, 7) is 3.37. The highest BCUT2D eigenvalue weighted by atomic mass is 32.2. The minimum absolute atomic E-state index is 0.170. The molecule has 3 rings (SSSR count). The summed E-state index contributed by atoms with van der Waals surface area (Å²) >= 11 is 1.32. The second kappa shape index (κ2) is 8.44. The van der Waals surface area contributed by atoms with Gasteiger partial charge in [0.25, 0.3) is 5.91 Å². The molecule has 1 aliphatic rings. The monoisotopic (exact) mass is 395 g/mol. The van der Waals surface area contributed by atoms with E-state index >= 15 is 0 Å². The van der Waals surface area contributed by atoms with Crippen LogP contribution in [0.25, 0.3) is 0 Å². The molecule has 0 spiro atoms. The van der Waals surface area contributed by atoms with Gasteiger partial charge in [0.15, 0.2) is 6.61 Å². The highest BCUT2D eigenvalue weighted by Crippen LogP contribution is 2.40. The fraction of sp³-hybridized carbons (Fsp3) is 0.333. The van der Waals surface area contributed by atoms with Crippen LogP contribution in [-0.4, -0.2) is 29.7 Å². The Hall–Kier alpha value is -2.85. The number of hydrogen-bond acceptors (Lipinski definition) is 6. The summed E-state index contributed by atoms with van der Waals surface area (Å²) in [5.74, 6) is -0.781. The molecule has 0 atom stereocenters. The molecule has 0 unspecified atom stereocenters. The van der Waals surface area contributed by atoms with E-state index in [9.17, 15) is 14.9 Å². The zero-order chi connectivity index (χ0) is 20.3. The van der Waals surface area contributed by atoms with Crippen molar-refractivity contribution in [3.8, 4) is 6.07 Å². The van der Waals surface area contributed by atoms with E-state index in [-0.39, 0.29) is 11.1 Å². The first kappa shape index (κ1) is 19.9. The number of nitrogens with zero attached hydrogens (tertiary/aromatic N) is 2. The maximum absolute atomic E-state index is 12.6. The number of thioether (sulfide) groups is 1. The average molecular weight is 395 g/mol. The predicted octanol–water partition coefficient (Wildman–Crippen LogP) is 3.96. The number of nitriles is 1. The first-order valence-corrected chi connectivity index (χ1v) is 10.2. The van der Waals surface area contributed by atoms with Crippen molar-refractivity contribution in [3.63, 3.8) is 0 Å². The van der Waals surface area contributed by atoms with Crippen LogP contribution in [0.4, 0.5) is 5.69 Å². The molecule has 144 valence electrons. The quantitative estimate of drug-likeness (QED) is 0.588. The van der Waals surface area contributed by atoms with E-state index in [2.05, 4.69) is 10.3 Å². The second-order valence-corrected chi connectivity index (χ2v) is 7.55. The van der Waals surface area contributed by atoms with Crippen molar-refractivity contribution >= 4 is 29.3 Å². The third-order valence-corrected chi connectivity index (χ3v) is 5.29. The molecule has 1 aromatic heterocycles. The Morgan fingerprint density at radius 3 is 2.57 bits per heavy atom. The van der Waals surface area contributed by atoms with Gasteiger partial charge in [-0.1, -0.05) is 18.2 Å². The fourth-order valence-electron chi connectivity index (χ4n) is 2.94. The highest BCUT2D eigenvalue weighted by Gasteiger charge is 2.29. The van der Waals surface area contributed by atoms with Gasteiger partial charge in [0.1, 0.15) is 11.1 Å². The Labute approximate surface area is 168 Å². The van der Waals surface area contributed by atoms with Crippen molar-refractivity contribution in [3.05, 3.63) is 52.2 Å². The van der Waals surface area contributed by atoms with Gasteiger partial charge in [-0.3, -0.25) is 4.79 Å². The molecule has 1 aromatic carbocycles. The lowest BCUT2D eigenvalue weighted by Crippen LogP contribution is -2.22. The normalized spacial score (nSPS) is 12.9. The Kier molecular flexibility index (Phi) is 6.00. The van der Waals surface area contributed by atoms with E-state index in [1.807, 2.05) is 44.4 Å². The van der Waals surface area contributed by atoms with Crippen molar-refractivity contribution in [2.75, 3.05) is 18.2 Å². The minimum Gasteiger partial charge on any atom is -0.452 e. The summed E-state index contributed by atoms with van der Waals surface area (Å²) in [5, 5.41) is 12.8. The Morgan fingerprint density at radius 1 is 1.32 bits per heavy atom. The zero-order valence-corrected chi connectivity index (χ0v) is 16.9. The number of amides is 1. The van der Waals surface area contributed by atoms with E-state index in [4.69, 9.17) is 4.74 Å². The van der Waals surface area contributed by atoms with Crippen LogP contribution in [-0.2, 0) is 9.53 Å². The van der Waals surface area contributed by atoms with Crippen LogP contribution in [0.1, 0.15) is 51.5 Å². The highest BCUT2D eigenvalue weighted by molar-refractivity contribution is 7.98. The van der Waals surface area contributed by atoms with Crippen LogP contribution in [0.5, 0.6) is 0 Å². The van der Waals surface area contributed by atoms with Crippen LogP contribution < -0.4 is 5.32 Å². The van der Waals surface area contributed by atoms with E-state index in [1.165, 1.54) is 11.8 Å². The number of aromatic nitrogens is 1. The largest absolute Gasteiger partial charge is 0.452 e. The maximum Gasteiger partial charge on any atom is 0.340 e. The number of para-hydroxylation sites is 1. The fourth-order valence-corrected chi connectivity index (χ4v) is 3.50. The number of carbonyl (C=O) groups is 2. The summed E-state index contributed by atoms with van der Waals surface area (Å²) < 4.78 is 5.20. The van der Waals surface area contributed by atoms with Gasteiger partial charge in [-0.15, -0.1) is 11.8 Å². The van der Waals surface area contributed by atoms with Crippen molar-refractivity contribution < 1.29 is 14.3 Å². The second-order valence-electron chi connectivity index (χ2n) is 6.76. The van der Waals surface area contributed by atoms with Gasteiger partial charge in [0.05, 0.1) is 11.1 Å². The number of carbonyl (C=O) groups excluding carboxylic acids is 2. The van der Waals surface area contributed by atoms with Gasteiger partial charge in [0.2, 0.25) is 0 Å². The number of anilines is 1. The van der Waals surface area contributed by atoms with Crippen molar-refractivity contribution in [1.29, 1.82) is 5.26 Å². The summed E-state index contributed by atoms with van der Waals surface area (Å²) in [4.78, 5) is 29.3. The molecule has 1 fully saturated rings. The summed E-state index contributed by atoms with van der Waals surface area (Å²) in [5.41, 5.74) is 3.74. The number of ether oxygens (including phenoxy) is 1. The van der Waals surface area contributed by atoms with Crippen molar-refractivity contribution in [1.82, 2.24) is 4.98 Å². The topological polar surface area (TPSA) is 92.1 Å². The SMILES string of the molecule is CSc1nc(C2CC2)cc(C(=O)OCC(=O)Nc2c(C)cccc2C)c1C#N. The molecule has 1 amide bonds.